The molecule has 3 unspecified atom stereocenters. The zero-order valence-electron chi connectivity index (χ0n) is 11.5. The Morgan fingerprint density at radius 3 is 2.35 bits per heavy atom. The number of hydrogen-bond donors (Lipinski definition) is 2. The third-order valence-corrected chi connectivity index (χ3v) is 5.24. The molecule has 1 amide bonds. The first-order valence-corrected chi connectivity index (χ1v) is 6.84. The van der Waals surface area contributed by atoms with Crippen LogP contribution in [0.25, 0.3) is 0 Å². The fourth-order valence-corrected chi connectivity index (χ4v) is 3.02. The van der Waals surface area contributed by atoms with Gasteiger partial charge in [0.15, 0.2) is 0 Å². The molecule has 3 atom stereocenters. The maximum Gasteiger partial charge on any atom is 0.224 e. The normalized spacial score (nSPS) is 38.5. The summed E-state index contributed by atoms with van der Waals surface area (Å²) >= 11 is 0. The summed E-state index contributed by atoms with van der Waals surface area (Å²) in [6, 6.07) is 0.241. The van der Waals surface area contributed by atoms with Crippen molar-refractivity contribution in [2.45, 2.75) is 65.0 Å². The lowest BCUT2D eigenvalue weighted by molar-refractivity contribution is -0.133. The highest BCUT2D eigenvalue weighted by Crippen LogP contribution is 2.45. The van der Waals surface area contributed by atoms with Gasteiger partial charge in [0.2, 0.25) is 5.91 Å². The molecular formula is C14H26N2O. The van der Waals surface area contributed by atoms with Gasteiger partial charge < -0.3 is 11.1 Å². The zero-order valence-corrected chi connectivity index (χ0v) is 11.5. The van der Waals surface area contributed by atoms with Crippen LogP contribution in [0.1, 0.15) is 53.4 Å². The number of nitrogens with two attached hydrogens (primary N) is 1. The van der Waals surface area contributed by atoms with Crippen LogP contribution in [-0.2, 0) is 4.79 Å². The van der Waals surface area contributed by atoms with E-state index in [2.05, 4.69) is 33.0 Å². The SMILES string of the molecule is CC1C(N)CCC(C(=O)NC2(C)CC2)C1(C)C. The summed E-state index contributed by atoms with van der Waals surface area (Å²) in [5.41, 5.74) is 6.22. The van der Waals surface area contributed by atoms with Gasteiger partial charge in [-0.05, 0) is 43.9 Å². The van der Waals surface area contributed by atoms with Gasteiger partial charge in [-0.3, -0.25) is 4.79 Å². The molecule has 0 spiro atoms. The van der Waals surface area contributed by atoms with Crippen LogP contribution in [0.5, 0.6) is 0 Å². The lowest BCUT2D eigenvalue weighted by atomic mass is 9.61. The van der Waals surface area contributed by atoms with E-state index in [1.54, 1.807) is 0 Å². The molecule has 0 radical (unpaired) electrons. The smallest absolute Gasteiger partial charge is 0.224 e. The Labute approximate surface area is 105 Å². The van der Waals surface area contributed by atoms with Gasteiger partial charge in [0, 0.05) is 17.5 Å². The van der Waals surface area contributed by atoms with Crippen LogP contribution in [0.3, 0.4) is 0 Å². The Morgan fingerprint density at radius 2 is 1.82 bits per heavy atom. The van der Waals surface area contributed by atoms with Crippen molar-refractivity contribution in [3.05, 3.63) is 0 Å². The first-order valence-electron chi connectivity index (χ1n) is 6.84. The van der Waals surface area contributed by atoms with Gasteiger partial charge in [-0.1, -0.05) is 20.8 Å². The molecule has 0 aromatic rings. The fraction of sp³-hybridized carbons (Fsp3) is 0.929. The minimum atomic E-state index is 0.00694. The van der Waals surface area contributed by atoms with Crippen LogP contribution in [0.2, 0.25) is 0 Å². The Hall–Kier alpha value is -0.570. The maximum absolute atomic E-state index is 12.4. The van der Waals surface area contributed by atoms with Crippen LogP contribution < -0.4 is 11.1 Å². The molecule has 0 bridgehead atoms. The number of hydrogen-bond acceptors (Lipinski definition) is 2. The van der Waals surface area contributed by atoms with E-state index in [1.807, 2.05) is 0 Å². The van der Waals surface area contributed by atoms with Crippen LogP contribution in [0, 0.1) is 17.3 Å². The molecule has 2 aliphatic carbocycles. The highest BCUT2D eigenvalue weighted by atomic mass is 16.2. The second-order valence-corrected chi connectivity index (χ2v) is 6.95. The molecule has 0 aromatic heterocycles. The molecule has 0 aliphatic heterocycles. The first-order chi connectivity index (χ1) is 7.76. The van der Waals surface area contributed by atoms with Crippen LogP contribution in [0.15, 0.2) is 0 Å². The Balaban J connectivity index is 2.06. The summed E-state index contributed by atoms with van der Waals surface area (Å²) in [6.07, 6.45) is 4.15. The van der Waals surface area contributed by atoms with Gasteiger partial charge in [-0.25, -0.2) is 0 Å². The second-order valence-electron chi connectivity index (χ2n) is 6.95. The standard InChI is InChI=1S/C14H26N2O/c1-9-11(15)6-5-10(13(9,2)3)12(17)16-14(4)7-8-14/h9-11H,5-8,15H2,1-4H3,(H,16,17). The summed E-state index contributed by atoms with van der Waals surface area (Å²) < 4.78 is 0. The number of rotatable bonds is 2. The van der Waals surface area contributed by atoms with Gasteiger partial charge in [0.1, 0.15) is 0 Å². The predicted octanol–water partition coefficient (Wildman–Crippen LogP) is 2.05. The minimum Gasteiger partial charge on any atom is -0.351 e. The molecule has 0 heterocycles. The molecule has 3 heteroatoms. The maximum atomic E-state index is 12.4. The van der Waals surface area contributed by atoms with Crippen molar-refractivity contribution in [3.8, 4) is 0 Å². The second kappa shape index (κ2) is 3.98. The summed E-state index contributed by atoms with van der Waals surface area (Å²) in [7, 11) is 0. The molecular weight excluding hydrogens is 212 g/mol. The molecule has 2 aliphatic rings. The van der Waals surface area contributed by atoms with Crippen molar-refractivity contribution in [1.29, 1.82) is 0 Å². The summed E-state index contributed by atoms with van der Waals surface area (Å²) in [5.74, 6) is 0.766. The van der Waals surface area contributed by atoms with Crippen molar-refractivity contribution < 1.29 is 4.79 Å². The molecule has 98 valence electrons. The average Bonchev–Trinajstić information content (AvgIpc) is 2.92. The lowest BCUT2D eigenvalue weighted by Crippen LogP contribution is -2.53. The quantitative estimate of drug-likeness (QED) is 0.773. The van der Waals surface area contributed by atoms with Crippen LogP contribution in [-0.4, -0.2) is 17.5 Å². The van der Waals surface area contributed by atoms with E-state index in [-0.39, 0.29) is 28.8 Å². The van der Waals surface area contributed by atoms with Crippen LogP contribution >= 0.6 is 0 Å². The van der Waals surface area contributed by atoms with E-state index < -0.39 is 0 Å². The van der Waals surface area contributed by atoms with E-state index >= 15 is 0 Å². The highest BCUT2D eigenvalue weighted by molar-refractivity contribution is 5.80. The van der Waals surface area contributed by atoms with Gasteiger partial charge in [0.05, 0.1) is 0 Å². The molecule has 3 nitrogen and oxygen atoms in total. The van der Waals surface area contributed by atoms with E-state index in [1.165, 1.54) is 0 Å². The Morgan fingerprint density at radius 1 is 1.24 bits per heavy atom. The molecule has 2 fully saturated rings. The first kappa shape index (κ1) is 12.9. The lowest BCUT2D eigenvalue weighted by Gasteiger charge is -2.46. The molecule has 2 rings (SSSR count). The van der Waals surface area contributed by atoms with Gasteiger partial charge in [-0.2, -0.15) is 0 Å². The molecule has 2 saturated carbocycles. The fourth-order valence-electron chi connectivity index (χ4n) is 3.02. The van der Waals surface area contributed by atoms with E-state index in [4.69, 9.17) is 5.73 Å². The third-order valence-electron chi connectivity index (χ3n) is 5.24. The molecule has 0 aromatic carbocycles. The number of carbonyl (C=O) groups excluding carboxylic acids is 1. The number of nitrogens with one attached hydrogen (secondary N) is 1. The summed E-state index contributed by atoms with van der Waals surface area (Å²) in [5, 5.41) is 3.21. The van der Waals surface area contributed by atoms with Crippen molar-refractivity contribution in [1.82, 2.24) is 5.32 Å². The largest absolute Gasteiger partial charge is 0.351 e. The van der Waals surface area contributed by atoms with Crippen molar-refractivity contribution >= 4 is 5.91 Å². The number of amides is 1. The van der Waals surface area contributed by atoms with Crippen molar-refractivity contribution in [2.24, 2.45) is 23.0 Å². The van der Waals surface area contributed by atoms with Crippen LogP contribution in [0.4, 0.5) is 0 Å². The highest BCUT2D eigenvalue weighted by Gasteiger charge is 2.47. The van der Waals surface area contributed by atoms with Gasteiger partial charge >= 0.3 is 0 Å². The van der Waals surface area contributed by atoms with E-state index in [0.717, 1.165) is 25.7 Å². The number of carbonyl (C=O) groups is 1. The molecule has 17 heavy (non-hydrogen) atoms. The Kier molecular flexibility index (Phi) is 3.01. The minimum absolute atomic E-state index is 0.00694. The zero-order chi connectivity index (χ0) is 12.8. The monoisotopic (exact) mass is 238 g/mol. The molecule has 3 N–H and O–H groups in total. The average molecular weight is 238 g/mol. The van der Waals surface area contributed by atoms with E-state index in [0.29, 0.717) is 5.92 Å². The Bertz CT molecular complexity index is 320. The predicted molar refractivity (Wildman–Crippen MR) is 69.4 cm³/mol. The van der Waals surface area contributed by atoms with E-state index in [9.17, 15) is 4.79 Å². The summed E-state index contributed by atoms with van der Waals surface area (Å²) in [6.45, 7) is 8.70. The van der Waals surface area contributed by atoms with Crippen molar-refractivity contribution in [3.63, 3.8) is 0 Å². The topological polar surface area (TPSA) is 55.1 Å². The van der Waals surface area contributed by atoms with Gasteiger partial charge in [-0.15, -0.1) is 0 Å². The summed E-state index contributed by atoms with van der Waals surface area (Å²) in [4.78, 5) is 12.4. The molecule has 0 saturated heterocycles. The third kappa shape index (κ3) is 2.35. The van der Waals surface area contributed by atoms with Gasteiger partial charge in [0.25, 0.3) is 0 Å². The van der Waals surface area contributed by atoms with Crippen molar-refractivity contribution in [2.75, 3.05) is 0 Å².